The van der Waals surface area contributed by atoms with Gasteiger partial charge in [-0.2, -0.15) is 0 Å². The summed E-state index contributed by atoms with van der Waals surface area (Å²) in [6.45, 7) is 1.49. The summed E-state index contributed by atoms with van der Waals surface area (Å²) in [5.41, 5.74) is 1.97. The molecule has 136 valence electrons. The molecule has 2 aromatic carbocycles. The topological polar surface area (TPSA) is 72.5 Å². The number of anilines is 1. The molecule has 0 aliphatic carbocycles. The van der Waals surface area contributed by atoms with Crippen LogP contribution in [0.15, 0.2) is 48.5 Å². The van der Waals surface area contributed by atoms with E-state index < -0.39 is 24.2 Å². The fraction of sp³-hybridized carbons (Fsp3) is 0.250. The van der Waals surface area contributed by atoms with Crippen LogP contribution in [0.2, 0.25) is 0 Å². The fourth-order valence-electron chi connectivity index (χ4n) is 2.26. The second-order valence-corrected chi connectivity index (χ2v) is 5.81. The molecule has 2 rings (SSSR count). The van der Waals surface area contributed by atoms with Gasteiger partial charge < -0.3 is 10.1 Å². The van der Waals surface area contributed by atoms with E-state index >= 15 is 0 Å². The molecule has 5 nitrogen and oxygen atoms in total. The van der Waals surface area contributed by atoms with E-state index in [-0.39, 0.29) is 24.3 Å². The highest BCUT2D eigenvalue weighted by molar-refractivity contribution is 5.98. The van der Waals surface area contributed by atoms with Crippen LogP contribution in [0.1, 0.15) is 35.2 Å². The number of ether oxygens (including phenoxy) is 1. The first-order chi connectivity index (χ1) is 12.5. The molecule has 0 spiro atoms. The zero-order valence-corrected chi connectivity index (χ0v) is 14.5. The van der Waals surface area contributed by atoms with Crippen molar-refractivity contribution in [3.63, 3.8) is 0 Å². The molecule has 0 heterocycles. The third kappa shape index (κ3) is 6.12. The van der Waals surface area contributed by atoms with Crippen LogP contribution in [0.3, 0.4) is 0 Å². The van der Waals surface area contributed by atoms with Crippen LogP contribution in [-0.2, 0) is 14.3 Å². The molecule has 6 heteroatoms. The highest BCUT2D eigenvalue weighted by atomic mass is 19.1. The van der Waals surface area contributed by atoms with E-state index in [9.17, 15) is 18.8 Å². The smallest absolute Gasteiger partial charge is 0.306 e. The summed E-state index contributed by atoms with van der Waals surface area (Å²) in [6, 6.07) is 12.4. The van der Waals surface area contributed by atoms with Gasteiger partial charge in [-0.25, -0.2) is 4.39 Å². The van der Waals surface area contributed by atoms with Crippen molar-refractivity contribution in [2.75, 3.05) is 11.9 Å². The van der Waals surface area contributed by atoms with E-state index in [1.807, 2.05) is 31.2 Å². The molecule has 0 aliphatic heterocycles. The standard InChI is InChI=1S/C20H20FNO4/c1-14-5-2-3-6-17(14)22-19(24)7-4-8-20(25)26-13-18(23)15-9-11-16(21)12-10-15/h2-3,5-6,9-12H,4,7-8,13H2,1H3,(H,22,24). The fourth-order valence-corrected chi connectivity index (χ4v) is 2.26. The number of Topliss-reactive ketones (excluding diaryl/α,β-unsaturated/α-hetero) is 1. The van der Waals surface area contributed by atoms with Crippen molar-refractivity contribution in [2.45, 2.75) is 26.2 Å². The maximum atomic E-state index is 12.8. The lowest BCUT2D eigenvalue weighted by Gasteiger charge is -2.08. The maximum Gasteiger partial charge on any atom is 0.306 e. The van der Waals surface area contributed by atoms with Crippen LogP contribution >= 0.6 is 0 Å². The number of carbonyl (C=O) groups excluding carboxylic acids is 3. The van der Waals surface area contributed by atoms with E-state index in [0.717, 1.165) is 11.3 Å². The summed E-state index contributed by atoms with van der Waals surface area (Å²) in [5, 5.41) is 2.78. The van der Waals surface area contributed by atoms with Crippen molar-refractivity contribution in [3.05, 3.63) is 65.5 Å². The normalized spacial score (nSPS) is 10.2. The van der Waals surface area contributed by atoms with Crippen molar-refractivity contribution in [1.82, 2.24) is 0 Å². The van der Waals surface area contributed by atoms with Gasteiger partial charge in [-0.1, -0.05) is 18.2 Å². The van der Waals surface area contributed by atoms with Crippen LogP contribution in [0, 0.1) is 12.7 Å². The highest BCUT2D eigenvalue weighted by Crippen LogP contribution is 2.14. The van der Waals surface area contributed by atoms with Crippen LogP contribution < -0.4 is 5.32 Å². The Morgan fingerprint density at radius 2 is 1.69 bits per heavy atom. The summed E-state index contributed by atoms with van der Waals surface area (Å²) in [6.07, 6.45) is 0.536. The SMILES string of the molecule is Cc1ccccc1NC(=O)CCCC(=O)OCC(=O)c1ccc(F)cc1. The van der Waals surface area contributed by atoms with Gasteiger partial charge in [0.2, 0.25) is 5.91 Å². The molecule has 0 saturated heterocycles. The molecule has 1 N–H and O–H groups in total. The minimum absolute atomic E-state index is 0.0396. The minimum atomic E-state index is -0.552. The Bertz CT molecular complexity index is 787. The zero-order chi connectivity index (χ0) is 18.9. The molecule has 0 aliphatic rings. The van der Waals surface area contributed by atoms with Crippen LogP contribution in [0.4, 0.5) is 10.1 Å². The number of esters is 1. The summed E-state index contributed by atoms with van der Waals surface area (Å²) in [4.78, 5) is 35.4. The Morgan fingerprint density at radius 1 is 1.00 bits per heavy atom. The first-order valence-electron chi connectivity index (χ1n) is 8.25. The molecule has 1 amide bonds. The lowest BCUT2D eigenvalue weighted by atomic mass is 10.1. The largest absolute Gasteiger partial charge is 0.457 e. The zero-order valence-electron chi connectivity index (χ0n) is 14.5. The lowest BCUT2D eigenvalue weighted by Crippen LogP contribution is -2.15. The number of rotatable bonds is 8. The number of benzene rings is 2. The van der Waals surface area contributed by atoms with E-state index in [4.69, 9.17) is 4.74 Å². The maximum absolute atomic E-state index is 12.8. The van der Waals surface area contributed by atoms with Gasteiger partial charge >= 0.3 is 5.97 Å². The van der Waals surface area contributed by atoms with E-state index in [1.54, 1.807) is 0 Å². The van der Waals surface area contributed by atoms with Gasteiger partial charge in [0.05, 0.1) is 0 Å². The number of nitrogens with one attached hydrogen (secondary N) is 1. The molecule has 0 aromatic heterocycles. The van der Waals surface area contributed by atoms with E-state index in [1.165, 1.54) is 24.3 Å². The number of hydrogen-bond acceptors (Lipinski definition) is 4. The molecular formula is C20H20FNO4. The Labute approximate surface area is 151 Å². The van der Waals surface area contributed by atoms with Crippen molar-refractivity contribution >= 4 is 23.3 Å². The van der Waals surface area contributed by atoms with Gasteiger partial charge in [-0.05, 0) is 49.2 Å². The number of hydrogen-bond donors (Lipinski definition) is 1. The van der Waals surface area contributed by atoms with Gasteiger partial charge in [0.1, 0.15) is 5.82 Å². The van der Waals surface area contributed by atoms with Crippen molar-refractivity contribution < 1.29 is 23.5 Å². The number of para-hydroxylation sites is 1. The van der Waals surface area contributed by atoms with E-state index in [0.29, 0.717) is 6.42 Å². The Kier molecular flexibility index (Phi) is 7.02. The first kappa shape index (κ1) is 19.3. The molecule has 0 atom stereocenters. The molecule has 0 unspecified atom stereocenters. The molecule has 0 bridgehead atoms. The Morgan fingerprint density at radius 3 is 2.38 bits per heavy atom. The van der Waals surface area contributed by atoms with Gasteiger partial charge in [0, 0.05) is 24.1 Å². The van der Waals surface area contributed by atoms with Crippen LogP contribution in [-0.4, -0.2) is 24.3 Å². The van der Waals surface area contributed by atoms with Gasteiger partial charge in [0.25, 0.3) is 0 Å². The van der Waals surface area contributed by atoms with Gasteiger partial charge in [-0.3, -0.25) is 14.4 Å². The monoisotopic (exact) mass is 357 g/mol. The predicted molar refractivity (Wildman–Crippen MR) is 95.3 cm³/mol. The van der Waals surface area contributed by atoms with Crippen LogP contribution in [0.5, 0.6) is 0 Å². The molecular weight excluding hydrogens is 337 g/mol. The van der Waals surface area contributed by atoms with Crippen molar-refractivity contribution in [2.24, 2.45) is 0 Å². The molecule has 0 fully saturated rings. The van der Waals surface area contributed by atoms with Gasteiger partial charge in [-0.15, -0.1) is 0 Å². The number of ketones is 1. The second kappa shape index (κ2) is 9.46. The average Bonchev–Trinajstić information content (AvgIpc) is 2.62. The lowest BCUT2D eigenvalue weighted by molar-refractivity contribution is -0.142. The van der Waals surface area contributed by atoms with Crippen molar-refractivity contribution in [1.29, 1.82) is 0 Å². The number of halogens is 1. The van der Waals surface area contributed by atoms with Gasteiger partial charge in [0.15, 0.2) is 12.4 Å². The third-order valence-corrected chi connectivity index (χ3v) is 3.73. The number of amides is 1. The molecule has 0 radical (unpaired) electrons. The first-order valence-corrected chi connectivity index (χ1v) is 8.25. The molecule has 0 saturated carbocycles. The number of aryl methyl sites for hydroxylation is 1. The second-order valence-electron chi connectivity index (χ2n) is 5.81. The summed E-state index contributed by atoms with van der Waals surface area (Å²) >= 11 is 0. The van der Waals surface area contributed by atoms with Crippen LogP contribution in [0.25, 0.3) is 0 Å². The number of carbonyl (C=O) groups is 3. The quantitative estimate of drug-likeness (QED) is 0.578. The highest BCUT2D eigenvalue weighted by Gasteiger charge is 2.11. The third-order valence-electron chi connectivity index (χ3n) is 3.73. The minimum Gasteiger partial charge on any atom is -0.457 e. The summed E-state index contributed by atoms with van der Waals surface area (Å²) in [7, 11) is 0. The Hall–Kier alpha value is -3.02. The van der Waals surface area contributed by atoms with Crippen molar-refractivity contribution in [3.8, 4) is 0 Å². The Balaban J connectivity index is 1.67. The van der Waals surface area contributed by atoms with E-state index in [2.05, 4.69) is 5.32 Å². The molecule has 26 heavy (non-hydrogen) atoms. The average molecular weight is 357 g/mol. The summed E-state index contributed by atoms with van der Waals surface area (Å²) in [5.74, 6) is -1.59. The predicted octanol–water partition coefficient (Wildman–Crippen LogP) is 3.67. The molecule has 2 aromatic rings. The summed E-state index contributed by atoms with van der Waals surface area (Å²) < 4.78 is 17.7.